The van der Waals surface area contributed by atoms with Gasteiger partial charge in [0, 0.05) is 6.20 Å². The number of hydrogen-bond donors (Lipinski definition) is 3. The Labute approximate surface area is 106 Å². The van der Waals surface area contributed by atoms with Gasteiger partial charge in [-0.05, 0) is 6.07 Å². The van der Waals surface area contributed by atoms with Gasteiger partial charge in [-0.25, -0.2) is 9.98 Å². The predicted octanol–water partition coefficient (Wildman–Crippen LogP) is -0.453. The van der Waals surface area contributed by atoms with Crippen LogP contribution < -0.4 is 16.8 Å². The maximum Gasteiger partial charge on any atom is 0.408 e. The average molecular weight is 275 g/mol. The molecule has 1 aliphatic rings. The lowest BCUT2D eigenvalue weighted by Gasteiger charge is -2.23. The van der Waals surface area contributed by atoms with Crippen molar-refractivity contribution in [3.05, 3.63) is 18.0 Å². The lowest BCUT2D eigenvalue weighted by atomic mass is 10.2. The second-order valence-electron chi connectivity index (χ2n) is 4.07. The molecule has 7 nitrogen and oxygen atoms in total. The highest BCUT2D eigenvalue weighted by Crippen LogP contribution is 2.18. The molecule has 1 aromatic rings. The fourth-order valence-electron chi connectivity index (χ4n) is 1.60. The third-order valence-corrected chi connectivity index (χ3v) is 2.29. The summed E-state index contributed by atoms with van der Waals surface area (Å²) in [5, 5.41) is 6.31. The number of guanidine groups is 1. The molecule has 104 valence electrons. The van der Waals surface area contributed by atoms with Gasteiger partial charge in [0.25, 0.3) is 0 Å². The molecule has 0 radical (unpaired) electrons. The molecule has 19 heavy (non-hydrogen) atoms. The van der Waals surface area contributed by atoms with E-state index in [4.69, 9.17) is 11.5 Å². The summed E-state index contributed by atoms with van der Waals surface area (Å²) < 4.78 is 37.3. The number of alkyl halides is 3. The zero-order valence-electron chi connectivity index (χ0n) is 9.72. The standard InChI is InChI=1S/C9H12F3N7/c10-8(11,12)4-19-2-1-6(18-19)3-9(14)16-5-15-7(13)17-9/h1-2,5H,3-4,14H2,(H3,13,15,16,17). The average Bonchev–Trinajstić information content (AvgIpc) is 2.61. The second-order valence-corrected chi connectivity index (χ2v) is 4.07. The molecule has 0 fully saturated rings. The zero-order chi connectivity index (χ0) is 14.1. The van der Waals surface area contributed by atoms with Crippen molar-refractivity contribution in [2.75, 3.05) is 0 Å². The van der Waals surface area contributed by atoms with Crippen LogP contribution in [0.5, 0.6) is 0 Å². The summed E-state index contributed by atoms with van der Waals surface area (Å²) >= 11 is 0. The lowest BCUT2D eigenvalue weighted by Crippen LogP contribution is -2.47. The molecular weight excluding hydrogens is 263 g/mol. The largest absolute Gasteiger partial charge is 0.408 e. The SMILES string of the molecule is NC1=NC(N)(Cc2ccn(CC(F)(F)F)n2)N=CN1. The molecule has 2 rings (SSSR count). The summed E-state index contributed by atoms with van der Waals surface area (Å²) in [4.78, 5) is 7.78. The minimum atomic E-state index is -4.32. The van der Waals surface area contributed by atoms with Crippen LogP contribution in [-0.4, -0.2) is 34.0 Å². The quantitative estimate of drug-likeness (QED) is 0.694. The van der Waals surface area contributed by atoms with Crippen LogP contribution in [0.25, 0.3) is 0 Å². The molecular formula is C9H12F3N7. The maximum atomic E-state index is 12.2. The summed E-state index contributed by atoms with van der Waals surface area (Å²) in [6, 6.07) is 1.43. The highest BCUT2D eigenvalue weighted by molar-refractivity contribution is 5.90. The summed E-state index contributed by atoms with van der Waals surface area (Å²) in [6.07, 6.45) is -1.75. The first-order valence-electron chi connectivity index (χ1n) is 5.29. The topological polar surface area (TPSA) is 107 Å². The van der Waals surface area contributed by atoms with Crippen molar-refractivity contribution >= 4 is 12.3 Å². The van der Waals surface area contributed by atoms with E-state index in [1.54, 1.807) is 0 Å². The van der Waals surface area contributed by atoms with Gasteiger partial charge in [0.2, 0.25) is 5.79 Å². The third kappa shape index (κ3) is 3.68. The van der Waals surface area contributed by atoms with E-state index in [1.165, 1.54) is 18.6 Å². The van der Waals surface area contributed by atoms with Crippen LogP contribution in [0.4, 0.5) is 13.2 Å². The van der Waals surface area contributed by atoms with Crippen LogP contribution >= 0.6 is 0 Å². The van der Waals surface area contributed by atoms with Gasteiger partial charge < -0.3 is 11.1 Å². The van der Waals surface area contributed by atoms with Crippen LogP contribution in [0.1, 0.15) is 5.69 Å². The minimum absolute atomic E-state index is 0.0523. The Kier molecular flexibility index (Phi) is 3.18. The van der Waals surface area contributed by atoms with E-state index in [2.05, 4.69) is 20.4 Å². The van der Waals surface area contributed by atoms with E-state index in [9.17, 15) is 13.2 Å². The van der Waals surface area contributed by atoms with Crippen LogP contribution in [0.3, 0.4) is 0 Å². The first-order chi connectivity index (χ1) is 8.76. The van der Waals surface area contributed by atoms with Crippen molar-refractivity contribution in [2.45, 2.75) is 24.9 Å². The fourth-order valence-corrected chi connectivity index (χ4v) is 1.60. The molecule has 0 bridgehead atoms. The Morgan fingerprint density at radius 3 is 2.79 bits per heavy atom. The molecule has 0 saturated heterocycles. The smallest absolute Gasteiger partial charge is 0.370 e. The Bertz CT molecular complexity index is 518. The van der Waals surface area contributed by atoms with Gasteiger partial charge in [-0.3, -0.25) is 10.4 Å². The van der Waals surface area contributed by atoms with E-state index in [0.29, 0.717) is 5.69 Å². The molecule has 1 aliphatic heterocycles. The normalized spacial score (nSPS) is 23.1. The summed E-state index contributed by atoms with van der Waals surface area (Å²) in [5.41, 5.74) is 11.6. The van der Waals surface area contributed by atoms with Crippen LogP contribution in [0.2, 0.25) is 0 Å². The molecule has 1 atom stereocenters. The van der Waals surface area contributed by atoms with Gasteiger partial charge in [-0.15, -0.1) is 0 Å². The molecule has 10 heteroatoms. The van der Waals surface area contributed by atoms with Crippen LogP contribution in [0.15, 0.2) is 22.2 Å². The lowest BCUT2D eigenvalue weighted by molar-refractivity contribution is -0.142. The van der Waals surface area contributed by atoms with Crippen molar-refractivity contribution in [2.24, 2.45) is 21.5 Å². The maximum absolute atomic E-state index is 12.2. The number of aliphatic imine (C=N–C) groups is 2. The van der Waals surface area contributed by atoms with Gasteiger partial charge in [0.05, 0.1) is 18.5 Å². The zero-order valence-corrected chi connectivity index (χ0v) is 9.72. The van der Waals surface area contributed by atoms with Crippen molar-refractivity contribution in [1.82, 2.24) is 15.1 Å². The van der Waals surface area contributed by atoms with E-state index >= 15 is 0 Å². The third-order valence-electron chi connectivity index (χ3n) is 2.29. The number of nitrogens with zero attached hydrogens (tertiary/aromatic N) is 4. The molecule has 2 heterocycles. The number of aromatic nitrogens is 2. The molecule has 5 N–H and O–H groups in total. The molecule has 0 amide bonds. The van der Waals surface area contributed by atoms with E-state index in [1.807, 2.05) is 0 Å². The Morgan fingerprint density at radius 2 is 2.16 bits per heavy atom. The summed E-state index contributed by atoms with van der Waals surface area (Å²) in [5.74, 6) is -1.25. The monoisotopic (exact) mass is 275 g/mol. The predicted molar refractivity (Wildman–Crippen MR) is 62.2 cm³/mol. The number of hydrogen-bond acceptors (Lipinski definition) is 6. The van der Waals surface area contributed by atoms with Crippen molar-refractivity contribution in [3.63, 3.8) is 0 Å². The second kappa shape index (κ2) is 4.53. The fraction of sp³-hybridized carbons (Fsp3) is 0.444. The first kappa shape index (κ1) is 13.3. The molecule has 0 spiro atoms. The van der Waals surface area contributed by atoms with Gasteiger partial charge >= 0.3 is 6.18 Å². The number of rotatable bonds is 3. The van der Waals surface area contributed by atoms with Gasteiger partial charge in [0.1, 0.15) is 6.54 Å². The van der Waals surface area contributed by atoms with Crippen molar-refractivity contribution in [3.8, 4) is 0 Å². The Morgan fingerprint density at radius 1 is 1.42 bits per heavy atom. The number of nitrogens with two attached hydrogens (primary N) is 2. The Balaban J connectivity index is 2.08. The van der Waals surface area contributed by atoms with Gasteiger partial charge in [-0.1, -0.05) is 0 Å². The van der Waals surface area contributed by atoms with E-state index in [0.717, 1.165) is 4.68 Å². The van der Waals surface area contributed by atoms with E-state index < -0.39 is 18.5 Å². The molecule has 0 aliphatic carbocycles. The molecule has 1 unspecified atom stereocenters. The first-order valence-corrected chi connectivity index (χ1v) is 5.29. The minimum Gasteiger partial charge on any atom is -0.370 e. The number of nitrogens with one attached hydrogen (secondary N) is 1. The van der Waals surface area contributed by atoms with Gasteiger partial charge in [0.15, 0.2) is 5.96 Å². The highest BCUT2D eigenvalue weighted by Gasteiger charge is 2.30. The summed E-state index contributed by atoms with van der Waals surface area (Å²) in [7, 11) is 0. The van der Waals surface area contributed by atoms with Crippen molar-refractivity contribution < 1.29 is 13.2 Å². The highest BCUT2D eigenvalue weighted by atomic mass is 19.4. The van der Waals surface area contributed by atoms with Crippen LogP contribution in [0, 0.1) is 0 Å². The summed E-state index contributed by atoms with van der Waals surface area (Å²) in [6.45, 7) is -1.15. The molecule has 1 aromatic heterocycles. The molecule has 0 aromatic carbocycles. The van der Waals surface area contributed by atoms with Crippen molar-refractivity contribution in [1.29, 1.82) is 0 Å². The Hall–Kier alpha value is -2.10. The van der Waals surface area contributed by atoms with Gasteiger partial charge in [-0.2, -0.15) is 18.3 Å². The number of halogens is 3. The molecule has 0 saturated carbocycles. The van der Waals surface area contributed by atoms with Crippen LogP contribution in [-0.2, 0) is 13.0 Å². The van der Waals surface area contributed by atoms with E-state index in [-0.39, 0.29) is 12.4 Å².